The van der Waals surface area contributed by atoms with Crippen molar-refractivity contribution in [3.8, 4) is 11.5 Å². The molecule has 1 aromatic heterocycles. The van der Waals surface area contributed by atoms with Gasteiger partial charge in [0.2, 0.25) is 6.79 Å². The van der Waals surface area contributed by atoms with Crippen molar-refractivity contribution in [3.63, 3.8) is 0 Å². The highest BCUT2D eigenvalue weighted by Crippen LogP contribution is 2.32. The van der Waals surface area contributed by atoms with E-state index in [0.29, 0.717) is 34.5 Å². The van der Waals surface area contributed by atoms with E-state index in [1.807, 2.05) is 18.2 Å². The van der Waals surface area contributed by atoms with Crippen molar-refractivity contribution in [1.82, 2.24) is 14.9 Å². The largest absolute Gasteiger partial charge is 0.454 e. The normalized spacial score (nSPS) is 15.3. The molecule has 1 N–H and O–H groups in total. The summed E-state index contributed by atoms with van der Waals surface area (Å²) in [6.07, 6.45) is 5.14. The zero-order valence-corrected chi connectivity index (χ0v) is 16.6. The van der Waals surface area contributed by atoms with Gasteiger partial charge in [-0.15, -0.1) is 0 Å². The number of ether oxygens (including phenoxy) is 2. The van der Waals surface area contributed by atoms with Crippen LogP contribution < -0.4 is 20.3 Å². The Morgan fingerprint density at radius 3 is 2.83 bits per heavy atom. The first-order chi connectivity index (χ1) is 14.7. The molecule has 0 aliphatic carbocycles. The van der Waals surface area contributed by atoms with E-state index >= 15 is 0 Å². The number of hydrogen-bond acceptors (Lipinski definition) is 5. The van der Waals surface area contributed by atoms with Gasteiger partial charge in [-0.05, 0) is 48.7 Å². The van der Waals surface area contributed by atoms with Gasteiger partial charge in [-0.3, -0.25) is 14.2 Å². The zero-order valence-electron chi connectivity index (χ0n) is 16.6. The molecule has 0 radical (unpaired) electrons. The summed E-state index contributed by atoms with van der Waals surface area (Å²) in [5.74, 6) is 2.02. The Bertz CT molecular complexity index is 1190. The van der Waals surface area contributed by atoms with Crippen LogP contribution in [0, 0.1) is 0 Å². The van der Waals surface area contributed by atoms with Crippen molar-refractivity contribution in [2.45, 2.75) is 45.2 Å². The molecule has 0 fully saturated rings. The molecule has 7 nitrogen and oxygen atoms in total. The van der Waals surface area contributed by atoms with E-state index in [-0.39, 0.29) is 18.3 Å². The predicted molar refractivity (Wildman–Crippen MR) is 112 cm³/mol. The van der Waals surface area contributed by atoms with Gasteiger partial charge in [0.25, 0.3) is 11.5 Å². The van der Waals surface area contributed by atoms with Crippen LogP contribution >= 0.6 is 0 Å². The first-order valence-electron chi connectivity index (χ1n) is 10.4. The monoisotopic (exact) mass is 405 g/mol. The van der Waals surface area contributed by atoms with E-state index in [9.17, 15) is 9.59 Å². The molecule has 0 saturated heterocycles. The Kier molecular flexibility index (Phi) is 4.86. The second kappa shape index (κ2) is 7.82. The summed E-state index contributed by atoms with van der Waals surface area (Å²) in [5.41, 5.74) is 1.99. The lowest BCUT2D eigenvalue weighted by Gasteiger charge is -2.16. The molecule has 154 valence electrons. The lowest BCUT2D eigenvalue weighted by atomic mass is 10.1. The molecule has 2 aliphatic rings. The van der Waals surface area contributed by atoms with Crippen LogP contribution in [0.3, 0.4) is 0 Å². The third kappa shape index (κ3) is 3.51. The van der Waals surface area contributed by atoms with Gasteiger partial charge in [0.1, 0.15) is 5.82 Å². The molecule has 0 atom stereocenters. The molecule has 0 spiro atoms. The van der Waals surface area contributed by atoms with Crippen LogP contribution in [-0.2, 0) is 19.5 Å². The minimum Gasteiger partial charge on any atom is -0.454 e. The van der Waals surface area contributed by atoms with Crippen molar-refractivity contribution in [3.05, 3.63) is 63.7 Å². The molecule has 0 bridgehead atoms. The van der Waals surface area contributed by atoms with Crippen LogP contribution in [0.5, 0.6) is 11.5 Å². The van der Waals surface area contributed by atoms with E-state index < -0.39 is 0 Å². The van der Waals surface area contributed by atoms with E-state index in [4.69, 9.17) is 14.5 Å². The number of aryl methyl sites for hydroxylation is 1. The summed E-state index contributed by atoms with van der Waals surface area (Å²) < 4.78 is 12.5. The molecule has 30 heavy (non-hydrogen) atoms. The number of amides is 1. The second-order valence-electron chi connectivity index (χ2n) is 7.75. The Labute approximate surface area is 173 Å². The number of hydrogen-bond donors (Lipinski definition) is 1. The Balaban J connectivity index is 1.38. The summed E-state index contributed by atoms with van der Waals surface area (Å²) in [6.45, 7) is 1.31. The third-order valence-corrected chi connectivity index (χ3v) is 5.72. The van der Waals surface area contributed by atoms with Gasteiger partial charge >= 0.3 is 0 Å². The molecule has 2 aromatic carbocycles. The fraction of sp³-hybridized carbons (Fsp3) is 0.348. The molecular weight excluding hydrogens is 382 g/mol. The molecule has 3 heterocycles. The van der Waals surface area contributed by atoms with Gasteiger partial charge in [0.15, 0.2) is 11.5 Å². The van der Waals surface area contributed by atoms with E-state index in [0.717, 1.165) is 50.0 Å². The van der Waals surface area contributed by atoms with Crippen molar-refractivity contribution < 1.29 is 14.3 Å². The highest BCUT2D eigenvalue weighted by atomic mass is 16.7. The summed E-state index contributed by atoms with van der Waals surface area (Å²) >= 11 is 0. The smallest absolute Gasteiger partial charge is 0.261 e. The van der Waals surface area contributed by atoms with Gasteiger partial charge < -0.3 is 14.8 Å². The molecular formula is C23H23N3O4. The highest BCUT2D eigenvalue weighted by molar-refractivity contribution is 5.97. The average molecular weight is 405 g/mol. The molecule has 3 aromatic rings. The van der Waals surface area contributed by atoms with Crippen LogP contribution in [-0.4, -0.2) is 22.3 Å². The number of aromatic nitrogens is 2. The SMILES string of the molecule is O=C(NCc1ccc2c(c1)OCO2)c1ccc2c(=O)n3c(nc2c1)CCCCCC3. The van der Waals surface area contributed by atoms with Gasteiger partial charge in [-0.2, -0.15) is 0 Å². The van der Waals surface area contributed by atoms with E-state index in [1.165, 1.54) is 0 Å². The Hall–Kier alpha value is -3.35. The fourth-order valence-corrected chi connectivity index (χ4v) is 4.07. The molecule has 1 amide bonds. The topological polar surface area (TPSA) is 82.5 Å². The predicted octanol–water partition coefficient (Wildman–Crippen LogP) is 3.17. The van der Waals surface area contributed by atoms with Crippen LogP contribution in [0.4, 0.5) is 0 Å². The lowest BCUT2D eigenvalue weighted by Crippen LogP contribution is -2.27. The number of carbonyl (C=O) groups is 1. The van der Waals surface area contributed by atoms with Gasteiger partial charge in [0, 0.05) is 25.1 Å². The molecule has 2 aliphatic heterocycles. The summed E-state index contributed by atoms with van der Waals surface area (Å²) in [7, 11) is 0. The van der Waals surface area contributed by atoms with Gasteiger partial charge in [-0.1, -0.05) is 18.9 Å². The fourth-order valence-electron chi connectivity index (χ4n) is 4.07. The number of nitrogens with one attached hydrogen (secondary N) is 1. The number of benzene rings is 2. The molecule has 5 rings (SSSR count). The van der Waals surface area contributed by atoms with Gasteiger partial charge in [-0.25, -0.2) is 4.98 Å². The van der Waals surface area contributed by atoms with Gasteiger partial charge in [0.05, 0.1) is 10.9 Å². The number of nitrogens with zero attached hydrogens (tertiary/aromatic N) is 2. The van der Waals surface area contributed by atoms with Crippen molar-refractivity contribution in [2.75, 3.05) is 6.79 Å². The van der Waals surface area contributed by atoms with Crippen molar-refractivity contribution in [2.24, 2.45) is 0 Å². The first-order valence-corrected chi connectivity index (χ1v) is 10.4. The standard InChI is InChI=1S/C23H23N3O4/c27-22(24-13-15-6-9-19-20(11-15)30-14-29-19)16-7-8-17-18(12-16)25-21-5-3-1-2-4-10-26(21)23(17)28/h6-9,11-12H,1-5,10,13-14H2,(H,24,27). The average Bonchev–Trinajstić information content (AvgIpc) is 3.21. The van der Waals surface area contributed by atoms with E-state index in [2.05, 4.69) is 5.32 Å². The van der Waals surface area contributed by atoms with Crippen molar-refractivity contribution in [1.29, 1.82) is 0 Å². The van der Waals surface area contributed by atoms with Crippen LogP contribution in [0.25, 0.3) is 10.9 Å². The molecule has 0 saturated carbocycles. The maximum atomic E-state index is 12.9. The lowest BCUT2D eigenvalue weighted by molar-refractivity contribution is 0.0951. The molecule has 0 unspecified atom stereocenters. The van der Waals surface area contributed by atoms with Crippen molar-refractivity contribution >= 4 is 16.8 Å². The van der Waals surface area contributed by atoms with Crippen LogP contribution in [0.2, 0.25) is 0 Å². The molecule has 7 heteroatoms. The Morgan fingerprint density at radius 1 is 1.03 bits per heavy atom. The Morgan fingerprint density at radius 2 is 1.90 bits per heavy atom. The quantitative estimate of drug-likeness (QED) is 0.724. The van der Waals surface area contributed by atoms with Crippen LogP contribution in [0.1, 0.15) is 47.4 Å². The zero-order chi connectivity index (χ0) is 20.5. The summed E-state index contributed by atoms with van der Waals surface area (Å²) in [6, 6.07) is 10.7. The minimum absolute atomic E-state index is 0.00998. The number of fused-ring (bicyclic) bond motifs is 3. The third-order valence-electron chi connectivity index (χ3n) is 5.72. The number of carbonyl (C=O) groups excluding carboxylic acids is 1. The second-order valence-corrected chi connectivity index (χ2v) is 7.75. The maximum Gasteiger partial charge on any atom is 0.261 e. The maximum absolute atomic E-state index is 12.9. The first kappa shape index (κ1) is 18.7. The summed E-state index contributed by atoms with van der Waals surface area (Å²) in [4.78, 5) is 30.3. The van der Waals surface area contributed by atoms with Crippen LogP contribution in [0.15, 0.2) is 41.2 Å². The summed E-state index contributed by atoms with van der Waals surface area (Å²) in [5, 5.41) is 3.48. The minimum atomic E-state index is -0.205. The number of rotatable bonds is 3. The van der Waals surface area contributed by atoms with E-state index in [1.54, 1.807) is 22.8 Å². The highest BCUT2D eigenvalue weighted by Gasteiger charge is 2.16.